The van der Waals surface area contributed by atoms with Gasteiger partial charge in [0, 0.05) is 29.4 Å². The summed E-state index contributed by atoms with van der Waals surface area (Å²) in [6.45, 7) is 0.954. The Bertz CT molecular complexity index is 817. The van der Waals surface area contributed by atoms with E-state index in [1.807, 2.05) is 48.7 Å². The minimum atomic E-state index is 0.0147. The van der Waals surface area contributed by atoms with Crippen molar-refractivity contribution >= 4 is 22.5 Å². The normalized spacial score (nSPS) is 13.2. The van der Waals surface area contributed by atoms with Gasteiger partial charge in [-0.15, -0.1) is 0 Å². The van der Waals surface area contributed by atoms with Gasteiger partial charge in [0.25, 0.3) is 5.91 Å². The van der Waals surface area contributed by atoms with Crippen molar-refractivity contribution in [1.29, 1.82) is 0 Å². The molecule has 1 aliphatic heterocycles. The Hall–Kier alpha value is -2.55. The molecule has 1 aromatic heterocycles. The molecule has 3 aromatic rings. The molecule has 97 valence electrons. The summed E-state index contributed by atoms with van der Waals surface area (Å²) in [6.07, 6.45) is 2.81. The largest absolute Gasteiger partial charge is 0.384 e. The van der Waals surface area contributed by atoms with Crippen molar-refractivity contribution in [2.75, 3.05) is 11.9 Å². The van der Waals surface area contributed by atoms with Crippen LogP contribution in [-0.4, -0.2) is 17.0 Å². The van der Waals surface area contributed by atoms with Gasteiger partial charge in [-0.3, -0.25) is 9.36 Å². The summed E-state index contributed by atoms with van der Waals surface area (Å²) in [5, 5.41) is 4.34. The number of carbonyl (C=O) groups excluding carboxylic acids is 1. The fourth-order valence-corrected chi connectivity index (χ4v) is 2.78. The van der Waals surface area contributed by atoms with Crippen LogP contribution in [0.1, 0.15) is 15.9 Å². The first-order chi connectivity index (χ1) is 9.83. The lowest BCUT2D eigenvalue weighted by Gasteiger charge is -2.06. The molecular weight excluding hydrogens is 248 g/mol. The zero-order valence-corrected chi connectivity index (χ0v) is 10.9. The molecule has 0 unspecified atom stereocenters. The first-order valence-corrected chi connectivity index (χ1v) is 6.71. The number of carbonyl (C=O) groups is 1. The van der Waals surface area contributed by atoms with E-state index in [4.69, 9.17) is 0 Å². The van der Waals surface area contributed by atoms with Gasteiger partial charge in [-0.2, -0.15) is 0 Å². The van der Waals surface area contributed by atoms with Gasteiger partial charge in [-0.1, -0.05) is 6.07 Å². The van der Waals surface area contributed by atoms with Crippen LogP contribution in [0.3, 0.4) is 0 Å². The molecule has 3 heteroatoms. The quantitative estimate of drug-likeness (QED) is 0.730. The van der Waals surface area contributed by atoms with Crippen LogP contribution in [-0.2, 0) is 6.42 Å². The molecule has 1 radical (unpaired) electrons. The van der Waals surface area contributed by atoms with E-state index in [9.17, 15) is 4.79 Å². The number of anilines is 1. The van der Waals surface area contributed by atoms with Crippen LogP contribution in [0.5, 0.6) is 0 Å². The predicted molar refractivity (Wildman–Crippen MR) is 79.1 cm³/mol. The van der Waals surface area contributed by atoms with Gasteiger partial charge >= 0.3 is 0 Å². The number of nitrogens with zero attached hydrogens (tertiary/aromatic N) is 1. The van der Waals surface area contributed by atoms with Gasteiger partial charge in [0.2, 0.25) is 0 Å². The average molecular weight is 261 g/mol. The molecule has 2 heterocycles. The molecule has 0 bridgehead atoms. The SMILES string of the molecule is O=C(c1ccc2c(c1)CCN2)n1ccc2c[c]ccc21. The summed E-state index contributed by atoms with van der Waals surface area (Å²) in [7, 11) is 0. The third kappa shape index (κ3) is 1.63. The number of nitrogens with one attached hydrogen (secondary N) is 1. The van der Waals surface area contributed by atoms with Gasteiger partial charge in [-0.05, 0) is 54.4 Å². The standard InChI is InChI=1S/C17H13N2O/c20-17(14-5-6-15-13(11-14)7-9-18-15)19-10-8-12-3-1-2-4-16(12)19/h2-6,8,10-11,18H,7,9H2. The van der Waals surface area contributed by atoms with Crippen LogP contribution in [0.25, 0.3) is 10.9 Å². The molecule has 1 N–H and O–H groups in total. The zero-order chi connectivity index (χ0) is 13.5. The maximum Gasteiger partial charge on any atom is 0.262 e. The smallest absolute Gasteiger partial charge is 0.262 e. The molecule has 0 atom stereocenters. The summed E-state index contributed by atoms with van der Waals surface area (Å²) >= 11 is 0. The second-order valence-electron chi connectivity index (χ2n) is 5.02. The second kappa shape index (κ2) is 4.23. The van der Waals surface area contributed by atoms with E-state index in [2.05, 4.69) is 11.4 Å². The highest BCUT2D eigenvalue weighted by atomic mass is 16.2. The average Bonchev–Trinajstić information content (AvgIpc) is 3.12. The van der Waals surface area contributed by atoms with Gasteiger partial charge in [0.05, 0.1) is 5.52 Å². The van der Waals surface area contributed by atoms with Crippen LogP contribution in [0, 0.1) is 6.07 Å². The maximum absolute atomic E-state index is 12.7. The monoisotopic (exact) mass is 261 g/mol. The zero-order valence-electron chi connectivity index (χ0n) is 10.9. The summed E-state index contributed by atoms with van der Waals surface area (Å²) in [4.78, 5) is 12.7. The van der Waals surface area contributed by atoms with E-state index < -0.39 is 0 Å². The molecule has 4 rings (SSSR count). The number of fused-ring (bicyclic) bond motifs is 2. The Kier molecular flexibility index (Phi) is 2.39. The number of benzene rings is 2. The lowest BCUT2D eigenvalue weighted by molar-refractivity contribution is 0.0965. The van der Waals surface area contributed by atoms with Gasteiger partial charge in [0.1, 0.15) is 0 Å². The third-order valence-electron chi connectivity index (χ3n) is 3.82. The highest BCUT2D eigenvalue weighted by Gasteiger charge is 2.15. The highest BCUT2D eigenvalue weighted by molar-refractivity contribution is 6.02. The Morgan fingerprint density at radius 3 is 3.15 bits per heavy atom. The predicted octanol–water partition coefficient (Wildman–Crippen LogP) is 3.10. The van der Waals surface area contributed by atoms with E-state index in [1.165, 1.54) is 5.56 Å². The number of rotatable bonds is 1. The minimum absolute atomic E-state index is 0.0147. The lowest BCUT2D eigenvalue weighted by atomic mass is 10.1. The van der Waals surface area contributed by atoms with Crippen LogP contribution in [0.4, 0.5) is 5.69 Å². The maximum atomic E-state index is 12.7. The fourth-order valence-electron chi connectivity index (χ4n) is 2.78. The topological polar surface area (TPSA) is 34.0 Å². The van der Waals surface area contributed by atoms with E-state index in [1.54, 1.807) is 4.57 Å². The summed E-state index contributed by atoms with van der Waals surface area (Å²) in [6, 6.07) is 16.5. The Balaban J connectivity index is 1.80. The molecular formula is C17H13N2O. The third-order valence-corrected chi connectivity index (χ3v) is 3.82. The number of hydrogen-bond donors (Lipinski definition) is 1. The van der Waals surface area contributed by atoms with Crippen molar-refractivity contribution in [1.82, 2.24) is 4.57 Å². The van der Waals surface area contributed by atoms with Gasteiger partial charge in [-0.25, -0.2) is 0 Å². The lowest BCUT2D eigenvalue weighted by Crippen LogP contribution is -2.10. The number of hydrogen-bond acceptors (Lipinski definition) is 2. The highest BCUT2D eigenvalue weighted by Crippen LogP contribution is 2.24. The summed E-state index contributed by atoms with van der Waals surface area (Å²) in [5.41, 5.74) is 4.03. The van der Waals surface area contributed by atoms with Crippen molar-refractivity contribution in [3.8, 4) is 0 Å². The fraction of sp³-hybridized carbons (Fsp3) is 0.118. The molecule has 2 aromatic carbocycles. The Morgan fingerprint density at radius 1 is 1.25 bits per heavy atom. The van der Waals surface area contributed by atoms with Crippen molar-refractivity contribution in [2.24, 2.45) is 0 Å². The van der Waals surface area contributed by atoms with Crippen molar-refractivity contribution < 1.29 is 4.79 Å². The Morgan fingerprint density at radius 2 is 2.20 bits per heavy atom. The van der Waals surface area contributed by atoms with Crippen molar-refractivity contribution in [3.05, 3.63) is 65.9 Å². The molecule has 20 heavy (non-hydrogen) atoms. The van der Waals surface area contributed by atoms with Crippen LogP contribution in [0.2, 0.25) is 0 Å². The van der Waals surface area contributed by atoms with Crippen LogP contribution in [0.15, 0.2) is 48.7 Å². The molecule has 3 nitrogen and oxygen atoms in total. The van der Waals surface area contributed by atoms with Gasteiger partial charge < -0.3 is 5.32 Å². The van der Waals surface area contributed by atoms with E-state index in [-0.39, 0.29) is 5.91 Å². The molecule has 0 saturated carbocycles. The molecule has 0 amide bonds. The van der Waals surface area contributed by atoms with Crippen LogP contribution < -0.4 is 5.32 Å². The summed E-state index contributed by atoms with van der Waals surface area (Å²) < 4.78 is 1.70. The first kappa shape index (κ1) is 11.3. The van der Waals surface area contributed by atoms with Gasteiger partial charge in [0.15, 0.2) is 0 Å². The molecule has 0 spiro atoms. The Labute approximate surface area is 116 Å². The van der Waals surface area contributed by atoms with Crippen molar-refractivity contribution in [2.45, 2.75) is 6.42 Å². The van der Waals surface area contributed by atoms with E-state index in [0.717, 1.165) is 35.1 Å². The minimum Gasteiger partial charge on any atom is -0.384 e. The number of aromatic nitrogens is 1. The second-order valence-corrected chi connectivity index (χ2v) is 5.02. The van der Waals surface area contributed by atoms with E-state index in [0.29, 0.717) is 0 Å². The summed E-state index contributed by atoms with van der Waals surface area (Å²) in [5.74, 6) is 0.0147. The van der Waals surface area contributed by atoms with E-state index >= 15 is 0 Å². The van der Waals surface area contributed by atoms with Crippen LogP contribution >= 0.6 is 0 Å². The molecule has 0 saturated heterocycles. The van der Waals surface area contributed by atoms with Crippen molar-refractivity contribution in [3.63, 3.8) is 0 Å². The molecule has 0 fully saturated rings. The first-order valence-electron chi connectivity index (χ1n) is 6.71. The molecule has 1 aliphatic rings. The molecule has 0 aliphatic carbocycles.